The molecule has 1 heterocycles. The number of rotatable bonds is 4. The van der Waals surface area contributed by atoms with Crippen molar-refractivity contribution in [3.05, 3.63) is 22.7 Å². The first kappa shape index (κ1) is 14.8. The van der Waals surface area contributed by atoms with Crippen LogP contribution in [0.5, 0.6) is 0 Å². The van der Waals surface area contributed by atoms with E-state index in [9.17, 15) is 0 Å². The number of halogens is 1. The molecule has 0 saturated heterocycles. The van der Waals surface area contributed by atoms with E-state index >= 15 is 0 Å². The van der Waals surface area contributed by atoms with E-state index < -0.39 is 0 Å². The topological polar surface area (TPSA) is 25.8 Å². The van der Waals surface area contributed by atoms with Gasteiger partial charge in [0.1, 0.15) is 11.0 Å². The van der Waals surface area contributed by atoms with E-state index in [0.29, 0.717) is 17.0 Å². The summed E-state index contributed by atoms with van der Waals surface area (Å²) in [5.41, 5.74) is 1.10. The molecule has 0 N–H and O–H groups in total. The quantitative estimate of drug-likeness (QED) is 0.724. The molecule has 1 aromatic rings. The monoisotopic (exact) mass is 280 g/mol. The lowest BCUT2D eigenvalue weighted by Crippen LogP contribution is -2.16. The Labute approximate surface area is 122 Å². The van der Waals surface area contributed by atoms with Crippen LogP contribution >= 0.6 is 11.6 Å². The van der Waals surface area contributed by atoms with E-state index in [-0.39, 0.29) is 0 Å². The SMILES string of the molecule is CCC1CCCC(c2nc(Cl)cc(CC(C)C)n2)C1. The molecule has 2 unspecified atom stereocenters. The smallest absolute Gasteiger partial charge is 0.133 e. The predicted octanol–water partition coefficient (Wildman–Crippen LogP) is 5.01. The molecule has 2 atom stereocenters. The Morgan fingerprint density at radius 2 is 2.11 bits per heavy atom. The Hall–Kier alpha value is -0.630. The molecule has 3 heteroatoms. The Kier molecular flexibility index (Phi) is 5.20. The number of aromatic nitrogens is 2. The van der Waals surface area contributed by atoms with Crippen LogP contribution in [0.25, 0.3) is 0 Å². The van der Waals surface area contributed by atoms with Gasteiger partial charge in [0.05, 0.1) is 0 Å². The Morgan fingerprint density at radius 1 is 1.32 bits per heavy atom. The average Bonchev–Trinajstić information content (AvgIpc) is 2.37. The second-order valence-corrected chi connectivity index (χ2v) is 6.66. The van der Waals surface area contributed by atoms with Crippen molar-refractivity contribution in [3.8, 4) is 0 Å². The number of hydrogen-bond donors (Lipinski definition) is 0. The van der Waals surface area contributed by atoms with E-state index in [0.717, 1.165) is 23.9 Å². The third-order valence-electron chi connectivity index (χ3n) is 4.11. The van der Waals surface area contributed by atoms with Crippen LogP contribution in [0.2, 0.25) is 5.15 Å². The maximum atomic E-state index is 6.17. The Balaban J connectivity index is 2.16. The maximum absolute atomic E-state index is 6.17. The third kappa shape index (κ3) is 4.17. The molecule has 2 nitrogen and oxygen atoms in total. The molecule has 0 aromatic carbocycles. The van der Waals surface area contributed by atoms with Crippen LogP contribution in [0.3, 0.4) is 0 Å². The largest absolute Gasteiger partial charge is 0.238 e. The lowest BCUT2D eigenvalue weighted by molar-refractivity contribution is 0.306. The number of nitrogens with zero attached hydrogens (tertiary/aromatic N) is 2. The summed E-state index contributed by atoms with van der Waals surface area (Å²) in [7, 11) is 0. The zero-order chi connectivity index (χ0) is 13.8. The fourth-order valence-corrected chi connectivity index (χ4v) is 3.30. The van der Waals surface area contributed by atoms with Gasteiger partial charge >= 0.3 is 0 Å². The summed E-state index contributed by atoms with van der Waals surface area (Å²) in [5, 5.41) is 0.610. The van der Waals surface area contributed by atoms with E-state index in [1.165, 1.54) is 32.1 Å². The lowest BCUT2D eigenvalue weighted by Gasteiger charge is -2.27. The maximum Gasteiger partial charge on any atom is 0.133 e. The summed E-state index contributed by atoms with van der Waals surface area (Å²) >= 11 is 6.17. The van der Waals surface area contributed by atoms with Crippen LogP contribution < -0.4 is 0 Å². The Morgan fingerprint density at radius 3 is 2.79 bits per heavy atom. The summed E-state index contributed by atoms with van der Waals surface area (Å²) in [4.78, 5) is 9.26. The highest BCUT2D eigenvalue weighted by molar-refractivity contribution is 6.29. The minimum atomic E-state index is 0.517. The molecule has 1 fully saturated rings. The summed E-state index contributed by atoms with van der Waals surface area (Å²) in [5.74, 6) is 2.95. The minimum absolute atomic E-state index is 0.517. The van der Waals surface area contributed by atoms with Crippen molar-refractivity contribution in [2.75, 3.05) is 0 Å². The van der Waals surface area contributed by atoms with Gasteiger partial charge in [-0.05, 0) is 37.2 Å². The molecule has 0 spiro atoms. The van der Waals surface area contributed by atoms with Crippen molar-refractivity contribution in [2.24, 2.45) is 11.8 Å². The highest BCUT2D eigenvalue weighted by Gasteiger charge is 2.24. The molecule has 106 valence electrons. The number of hydrogen-bond acceptors (Lipinski definition) is 2. The zero-order valence-electron chi connectivity index (χ0n) is 12.3. The molecule has 1 saturated carbocycles. The first-order valence-electron chi connectivity index (χ1n) is 7.61. The van der Waals surface area contributed by atoms with Crippen molar-refractivity contribution in [1.29, 1.82) is 0 Å². The van der Waals surface area contributed by atoms with Gasteiger partial charge in [-0.2, -0.15) is 0 Å². The van der Waals surface area contributed by atoms with Crippen LogP contribution in [-0.4, -0.2) is 9.97 Å². The standard InChI is InChI=1S/C16H25ClN2/c1-4-12-6-5-7-13(9-12)16-18-14(8-11(2)3)10-15(17)19-16/h10-13H,4-9H2,1-3H3. The van der Waals surface area contributed by atoms with Crippen molar-refractivity contribution in [1.82, 2.24) is 9.97 Å². The second-order valence-electron chi connectivity index (χ2n) is 6.28. The van der Waals surface area contributed by atoms with Crippen LogP contribution in [0.15, 0.2) is 6.07 Å². The van der Waals surface area contributed by atoms with Gasteiger partial charge in [-0.3, -0.25) is 0 Å². The highest BCUT2D eigenvalue weighted by Crippen LogP contribution is 2.36. The van der Waals surface area contributed by atoms with Crippen LogP contribution in [-0.2, 0) is 6.42 Å². The van der Waals surface area contributed by atoms with Gasteiger partial charge in [-0.15, -0.1) is 0 Å². The van der Waals surface area contributed by atoms with Crippen LogP contribution in [0, 0.1) is 11.8 Å². The molecule has 0 bridgehead atoms. The second kappa shape index (κ2) is 6.69. The minimum Gasteiger partial charge on any atom is -0.238 e. The van der Waals surface area contributed by atoms with Gasteiger partial charge in [-0.25, -0.2) is 9.97 Å². The summed E-state index contributed by atoms with van der Waals surface area (Å²) in [6, 6.07) is 1.92. The molecule has 0 amide bonds. The normalized spacial score (nSPS) is 23.8. The molecule has 0 aliphatic heterocycles. The van der Waals surface area contributed by atoms with Gasteiger partial charge in [0.15, 0.2) is 0 Å². The molecule has 1 aliphatic rings. The van der Waals surface area contributed by atoms with E-state index in [1.54, 1.807) is 0 Å². The molecule has 1 aromatic heterocycles. The fourth-order valence-electron chi connectivity index (χ4n) is 3.09. The molecular formula is C16H25ClN2. The van der Waals surface area contributed by atoms with E-state index in [1.807, 2.05) is 6.07 Å². The van der Waals surface area contributed by atoms with Crippen LogP contribution in [0.4, 0.5) is 0 Å². The third-order valence-corrected chi connectivity index (χ3v) is 4.30. The molecular weight excluding hydrogens is 256 g/mol. The van der Waals surface area contributed by atoms with Crippen LogP contribution in [0.1, 0.15) is 70.3 Å². The summed E-state index contributed by atoms with van der Waals surface area (Å²) in [6.07, 6.45) is 7.38. The first-order chi connectivity index (χ1) is 9.08. The molecule has 0 radical (unpaired) electrons. The fraction of sp³-hybridized carbons (Fsp3) is 0.750. The lowest BCUT2D eigenvalue weighted by atomic mass is 9.80. The molecule has 2 rings (SSSR count). The van der Waals surface area contributed by atoms with E-state index in [4.69, 9.17) is 16.6 Å². The van der Waals surface area contributed by atoms with Crippen molar-refractivity contribution >= 4 is 11.6 Å². The van der Waals surface area contributed by atoms with Gasteiger partial charge < -0.3 is 0 Å². The van der Waals surface area contributed by atoms with E-state index in [2.05, 4.69) is 25.8 Å². The van der Waals surface area contributed by atoms with Gasteiger partial charge in [-0.1, -0.05) is 51.6 Å². The van der Waals surface area contributed by atoms with Crippen molar-refractivity contribution in [3.63, 3.8) is 0 Å². The predicted molar refractivity (Wildman–Crippen MR) is 80.6 cm³/mol. The molecule has 1 aliphatic carbocycles. The van der Waals surface area contributed by atoms with Gasteiger partial charge in [0, 0.05) is 11.6 Å². The summed E-state index contributed by atoms with van der Waals surface area (Å²) in [6.45, 7) is 6.71. The first-order valence-corrected chi connectivity index (χ1v) is 7.99. The Bertz CT molecular complexity index is 417. The van der Waals surface area contributed by atoms with Crippen molar-refractivity contribution in [2.45, 2.75) is 65.2 Å². The highest BCUT2D eigenvalue weighted by atomic mass is 35.5. The molecule has 19 heavy (non-hydrogen) atoms. The summed E-state index contributed by atoms with van der Waals surface area (Å²) < 4.78 is 0. The van der Waals surface area contributed by atoms with Gasteiger partial charge in [0.25, 0.3) is 0 Å². The van der Waals surface area contributed by atoms with Crippen molar-refractivity contribution < 1.29 is 0 Å². The average molecular weight is 281 g/mol. The zero-order valence-corrected chi connectivity index (χ0v) is 13.1. The van der Waals surface area contributed by atoms with Gasteiger partial charge in [0.2, 0.25) is 0 Å².